The molecular weight excluding hydrogens is 340 g/mol. The molecule has 0 radical (unpaired) electrons. The smallest absolute Gasteiger partial charge is 0.227 e. The average Bonchev–Trinajstić information content (AvgIpc) is 3.10. The Morgan fingerprint density at radius 1 is 1.12 bits per heavy atom. The van der Waals surface area contributed by atoms with Gasteiger partial charge in [0.2, 0.25) is 15.9 Å². The summed E-state index contributed by atoms with van der Waals surface area (Å²) in [5.41, 5.74) is 1.11. The van der Waals surface area contributed by atoms with E-state index in [2.05, 4.69) is 0 Å². The molecule has 0 spiro atoms. The topological polar surface area (TPSA) is 66.9 Å². The number of amides is 1. The van der Waals surface area contributed by atoms with Crippen LogP contribution in [0.3, 0.4) is 0 Å². The second kappa shape index (κ2) is 7.33. The van der Waals surface area contributed by atoms with Gasteiger partial charge in [-0.25, -0.2) is 12.7 Å². The van der Waals surface area contributed by atoms with Gasteiger partial charge in [0.25, 0.3) is 0 Å². The van der Waals surface area contributed by atoms with E-state index in [0.717, 1.165) is 43.5 Å². The van der Waals surface area contributed by atoms with Crippen LogP contribution in [0.25, 0.3) is 0 Å². The first-order valence-electron chi connectivity index (χ1n) is 8.79. The Bertz CT molecular complexity index is 717. The SMILES string of the molecule is COc1ccc(C2CCCN2C(=O)C2CCCN(S(C)(=O)=O)C2)cc1. The lowest BCUT2D eigenvalue weighted by Crippen LogP contribution is -2.46. The van der Waals surface area contributed by atoms with Crippen LogP contribution >= 0.6 is 0 Å². The van der Waals surface area contributed by atoms with E-state index in [1.807, 2.05) is 29.2 Å². The summed E-state index contributed by atoms with van der Waals surface area (Å²) in [6, 6.07) is 7.94. The standard InChI is InChI=1S/C18H26N2O4S/c1-24-16-9-7-14(8-10-16)17-6-4-12-20(17)18(21)15-5-3-11-19(13-15)25(2,22)23/h7-10,15,17H,3-6,11-13H2,1-2H3. The highest BCUT2D eigenvalue weighted by Gasteiger charge is 2.37. The minimum Gasteiger partial charge on any atom is -0.497 e. The Balaban J connectivity index is 1.74. The van der Waals surface area contributed by atoms with Crippen LogP contribution in [0.2, 0.25) is 0 Å². The first-order valence-corrected chi connectivity index (χ1v) is 10.6. The quantitative estimate of drug-likeness (QED) is 0.818. The maximum atomic E-state index is 13.1. The van der Waals surface area contributed by atoms with Crippen molar-refractivity contribution >= 4 is 15.9 Å². The predicted octanol–water partition coefficient (Wildman–Crippen LogP) is 2.03. The summed E-state index contributed by atoms with van der Waals surface area (Å²) in [6.07, 6.45) is 4.64. The number of likely N-dealkylation sites (tertiary alicyclic amines) is 1. The largest absolute Gasteiger partial charge is 0.497 e. The van der Waals surface area contributed by atoms with E-state index in [9.17, 15) is 13.2 Å². The number of nitrogens with zero attached hydrogens (tertiary/aromatic N) is 2. The molecule has 6 nitrogen and oxygen atoms in total. The number of hydrogen-bond acceptors (Lipinski definition) is 4. The lowest BCUT2D eigenvalue weighted by Gasteiger charge is -2.34. The Kier molecular flexibility index (Phi) is 5.34. The number of methoxy groups -OCH3 is 1. The molecule has 3 rings (SSSR count). The molecular formula is C18H26N2O4S. The highest BCUT2D eigenvalue weighted by atomic mass is 32.2. The molecule has 0 saturated carbocycles. The lowest BCUT2D eigenvalue weighted by atomic mass is 9.96. The van der Waals surface area contributed by atoms with Crippen LogP contribution in [0.1, 0.15) is 37.3 Å². The van der Waals surface area contributed by atoms with Gasteiger partial charge < -0.3 is 9.64 Å². The van der Waals surface area contributed by atoms with Crippen molar-refractivity contribution in [2.24, 2.45) is 5.92 Å². The zero-order valence-electron chi connectivity index (χ0n) is 14.8. The Labute approximate surface area is 149 Å². The van der Waals surface area contributed by atoms with Gasteiger partial charge in [-0.3, -0.25) is 4.79 Å². The molecule has 0 N–H and O–H groups in total. The van der Waals surface area contributed by atoms with Gasteiger partial charge in [-0.15, -0.1) is 0 Å². The average molecular weight is 366 g/mol. The molecule has 138 valence electrons. The van der Waals surface area contributed by atoms with Crippen molar-refractivity contribution < 1.29 is 17.9 Å². The molecule has 25 heavy (non-hydrogen) atoms. The first-order chi connectivity index (χ1) is 11.9. The Morgan fingerprint density at radius 3 is 2.44 bits per heavy atom. The normalized spacial score (nSPS) is 25.1. The summed E-state index contributed by atoms with van der Waals surface area (Å²) in [7, 11) is -1.60. The van der Waals surface area contributed by atoms with Crippen molar-refractivity contribution in [1.29, 1.82) is 0 Å². The van der Waals surface area contributed by atoms with Gasteiger partial charge in [0.05, 0.1) is 25.3 Å². The maximum Gasteiger partial charge on any atom is 0.227 e. The summed E-state index contributed by atoms with van der Waals surface area (Å²) in [5, 5.41) is 0. The van der Waals surface area contributed by atoms with Crippen LogP contribution in [0.5, 0.6) is 5.75 Å². The first kappa shape index (κ1) is 18.2. The Hall–Kier alpha value is -1.60. The van der Waals surface area contributed by atoms with Crippen LogP contribution in [0.15, 0.2) is 24.3 Å². The highest BCUT2D eigenvalue weighted by Crippen LogP contribution is 2.35. The summed E-state index contributed by atoms with van der Waals surface area (Å²) < 4.78 is 30.3. The van der Waals surface area contributed by atoms with Crippen LogP contribution < -0.4 is 4.74 Å². The molecule has 0 aliphatic carbocycles. The number of hydrogen-bond donors (Lipinski definition) is 0. The highest BCUT2D eigenvalue weighted by molar-refractivity contribution is 7.88. The molecule has 2 saturated heterocycles. The van der Waals surface area contributed by atoms with Gasteiger partial charge in [-0.05, 0) is 43.4 Å². The number of sulfonamides is 1. The van der Waals surface area contributed by atoms with E-state index in [1.54, 1.807) is 7.11 Å². The van der Waals surface area contributed by atoms with Gasteiger partial charge in [0, 0.05) is 19.6 Å². The Morgan fingerprint density at radius 2 is 1.80 bits per heavy atom. The fraction of sp³-hybridized carbons (Fsp3) is 0.611. The third-order valence-electron chi connectivity index (χ3n) is 5.24. The second-order valence-electron chi connectivity index (χ2n) is 6.92. The second-order valence-corrected chi connectivity index (χ2v) is 8.91. The number of piperidine rings is 1. The third kappa shape index (κ3) is 3.98. The van der Waals surface area contributed by atoms with Crippen molar-refractivity contribution in [3.63, 3.8) is 0 Å². The van der Waals surface area contributed by atoms with E-state index in [4.69, 9.17) is 4.74 Å². The van der Waals surface area contributed by atoms with E-state index >= 15 is 0 Å². The molecule has 2 heterocycles. The van der Waals surface area contributed by atoms with E-state index in [1.165, 1.54) is 10.6 Å². The van der Waals surface area contributed by atoms with Crippen LogP contribution in [-0.4, -0.2) is 56.5 Å². The summed E-state index contributed by atoms with van der Waals surface area (Å²) in [6.45, 7) is 1.57. The van der Waals surface area contributed by atoms with Crippen LogP contribution in [0, 0.1) is 5.92 Å². The molecule has 1 aromatic rings. The molecule has 1 aromatic carbocycles. The fourth-order valence-electron chi connectivity index (χ4n) is 3.88. The fourth-order valence-corrected chi connectivity index (χ4v) is 4.79. The molecule has 7 heteroatoms. The zero-order chi connectivity index (χ0) is 18.0. The van der Waals surface area contributed by atoms with E-state index < -0.39 is 10.0 Å². The van der Waals surface area contributed by atoms with Gasteiger partial charge in [-0.1, -0.05) is 12.1 Å². The van der Waals surface area contributed by atoms with E-state index in [-0.39, 0.29) is 17.9 Å². The third-order valence-corrected chi connectivity index (χ3v) is 6.51. The summed E-state index contributed by atoms with van der Waals surface area (Å²) >= 11 is 0. The number of carbonyl (C=O) groups is 1. The lowest BCUT2D eigenvalue weighted by molar-refractivity contribution is -0.137. The van der Waals surface area contributed by atoms with Crippen molar-refractivity contribution in [3.8, 4) is 5.75 Å². The van der Waals surface area contributed by atoms with Crippen molar-refractivity contribution in [2.75, 3.05) is 33.0 Å². The molecule has 0 aromatic heterocycles. The molecule has 2 aliphatic heterocycles. The van der Waals surface area contributed by atoms with Crippen molar-refractivity contribution in [3.05, 3.63) is 29.8 Å². The van der Waals surface area contributed by atoms with Crippen LogP contribution in [0.4, 0.5) is 0 Å². The number of carbonyl (C=O) groups excluding carboxylic acids is 1. The molecule has 2 unspecified atom stereocenters. The van der Waals surface area contributed by atoms with Gasteiger partial charge in [-0.2, -0.15) is 0 Å². The zero-order valence-corrected chi connectivity index (χ0v) is 15.7. The predicted molar refractivity (Wildman–Crippen MR) is 95.8 cm³/mol. The minimum absolute atomic E-state index is 0.0759. The number of rotatable bonds is 4. The van der Waals surface area contributed by atoms with Gasteiger partial charge in [0.1, 0.15) is 5.75 Å². The minimum atomic E-state index is -3.24. The number of ether oxygens (including phenoxy) is 1. The summed E-state index contributed by atoms with van der Waals surface area (Å²) in [5.74, 6) is 0.657. The molecule has 0 bridgehead atoms. The van der Waals surface area contributed by atoms with Crippen molar-refractivity contribution in [1.82, 2.24) is 9.21 Å². The van der Waals surface area contributed by atoms with Crippen molar-refractivity contribution in [2.45, 2.75) is 31.7 Å². The number of benzene rings is 1. The van der Waals surface area contributed by atoms with E-state index in [0.29, 0.717) is 13.1 Å². The van der Waals surface area contributed by atoms with Gasteiger partial charge in [0.15, 0.2) is 0 Å². The summed E-state index contributed by atoms with van der Waals surface area (Å²) in [4.78, 5) is 15.0. The van der Waals surface area contributed by atoms with Gasteiger partial charge >= 0.3 is 0 Å². The molecule has 2 atom stereocenters. The molecule has 2 fully saturated rings. The molecule has 2 aliphatic rings. The van der Waals surface area contributed by atoms with Crippen LogP contribution in [-0.2, 0) is 14.8 Å². The maximum absolute atomic E-state index is 13.1. The molecule has 1 amide bonds. The monoisotopic (exact) mass is 366 g/mol.